The van der Waals surface area contributed by atoms with Gasteiger partial charge in [0.2, 0.25) is 10.0 Å². The molecule has 0 aliphatic rings. The minimum Gasteiger partial charge on any atom is -0.345 e. The third kappa shape index (κ3) is 4.11. The smallest absolute Gasteiger partial charge is 0.254 e. The number of hydrogen-bond acceptors (Lipinski definition) is 3. The van der Waals surface area contributed by atoms with Gasteiger partial charge in [0.1, 0.15) is 11.6 Å². The van der Waals surface area contributed by atoms with E-state index in [4.69, 9.17) is 5.14 Å². The van der Waals surface area contributed by atoms with Crippen LogP contribution in [0, 0.1) is 11.6 Å². The van der Waals surface area contributed by atoms with Gasteiger partial charge in [0.25, 0.3) is 5.91 Å². The first-order valence-electron chi connectivity index (χ1n) is 6.57. The number of benzene rings is 2. The highest BCUT2D eigenvalue weighted by Crippen LogP contribution is 2.17. The number of carbonyl (C=O) groups excluding carboxylic acids is 1. The zero-order chi connectivity index (χ0) is 17.2. The molecule has 0 unspecified atom stereocenters. The van der Waals surface area contributed by atoms with Crippen LogP contribution in [0.3, 0.4) is 0 Å². The molecule has 5 nitrogen and oxygen atoms in total. The molecule has 1 amide bonds. The summed E-state index contributed by atoms with van der Waals surface area (Å²) in [6.45, 7) is 1.64. The molecule has 0 saturated heterocycles. The maximum Gasteiger partial charge on any atom is 0.254 e. The van der Waals surface area contributed by atoms with Gasteiger partial charge >= 0.3 is 0 Å². The summed E-state index contributed by atoms with van der Waals surface area (Å²) in [5.41, 5.74) is 0.327. The van der Waals surface area contributed by atoms with Crippen molar-refractivity contribution in [2.75, 3.05) is 0 Å². The maximum absolute atomic E-state index is 13.6. The lowest BCUT2D eigenvalue weighted by Gasteiger charge is -2.15. The predicted molar refractivity (Wildman–Crippen MR) is 80.1 cm³/mol. The molecule has 23 heavy (non-hydrogen) atoms. The van der Waals surface area contributed by atoms with Crippen molar-refractivity contribution in [3.63, 3.8) is 0 Å². The van der Waals surface area contributed by atoms with Gasteiger partial charge < -0.3 is 5.32 Å². The molecule has 0 spiro atoms. The second-order valence-corrected chi connectivity index (χ2v) is 6.49. The van der Waals surface area contributed by atoms with E-state index in [1.165, 1.54) is 24.3 Å². The highest BCUT2D eigenvalue weighted by Gasteiger charge is 2.16. The van der Waals surface area contributed by atoms with Crippen LogP contribution in [0.4, 0.5) is 8.78 Å². The Kier molecular flexibility index (Phi) is 4.76. The summed E-state index contributed by atoms with van der Waals surface area (Å²) in [6, 6.07) is 7.76. The first kappa shape index (κ1) is 17.0. The third-order valence-electron chi connectivity index (χ3n) is 3.23. The first-order valence-corrected chi connectivity index (χ1v) is 8.12. The molecular weight excluding hydrogens is 326 g/mol. The Morgan fingerprint density at radius 2 is 1.74 bits per heavy atom. The summed E-state index contributed by atoms with van der Waals surface area (Å²) in [6.07, 6.45) is 0. The number of carbonyl (C=O) groups is 1. The fourth-order valence-electron chi connectivity index (χ4n) is 1.98. The van der Waals surface area contributed by atoms with Crippen molar-refractivity contribution in [2.45, 2.75) is 17.9 Å². The molecule has 0 heterocycles. The highest BCUT2D eigenvalue weighted by molar-refractivity contribution is 7.89. The normalized spacial score (nSPS) is 12.7. The zero-order valence-corrected chi connectivity index (χ0v) is 12.9. The minimum atomic E-state index is -3.79. The summed E-state index contributed by atoms with van der Waals surface area (Å²) >= 11 is 0. The third-order valence-corrected chi connectivity index (χ3v) is 4.16. The SMILES string of the molecule is C[C@@H](NC(=O)c1ccc(F)cc1F)c1ccc(S(N)(=O)=O)cc1. The molecule has 2 aromatic rings. The topological polar surface area (TPSA) is 89.3 Å². The summed E-state index contributed by atoms with van der Waals surface area (Å²) in [4.78, 5) is 11.9. The van der Waals surface area contributed by atoms with Gasteiger partial charge in [-0.2, -0.15) is 0 Å². The molecular formula is C15H14F2N2O3S. The van der Waals surface area contributed by atoms with E-state index in [1.807, 2.05) is 0 Å². The molecule has 2 aromatic carbocycles. The van der Waals surface area contributed by atoms with Crippen LogP contribution in [0.1, 0.15) is 28.9 Å². The van der Waals surface area contributed by atoms with Crippen LogP contribution >= 0.6 is 0 Å². The van der Waals surface area contributed by atoms with Gasteiger partial charge in [-0.1, -0.05) is 12.1 Å². The number of primary sulfonamides is 1. The van der Waals surface area contributed by atoms with Crippen LogP contribution in [0.15, 0.2) is 47.4 Å². The van der Waals surface area contributed by atoms with Gasteiger partial charge in [-0.3, -0.25) is 4.79 Å². The van der Waals surface area contributed by atoms with Crippen LogP contribution in [-0.2, 0) is 10.0 Å². The molecule has 0 aromatic heterocycles. The van der Waals surface area contributed by atoms with E-state index in [1.54, 1.807) is 6.92 Å². The Morgan fingerprint density at radius 3 is 2.26 bits per heavy atom. The zero-order valence-electron chi connectivity index (χ0n) is 12.1. The largest absolute Gasteiger partial charge is 0.345 e. The Morgan fingerprint density at radius 1 is 1.13 bits per heavy atom. The van der Waals surface area contributed by atoms with Gasteiger partial charge in [-0.15, -0.1) is 0 Å². The number of rotatable bonds is 4. The average Bonchev–Trinajstić information content (AvgIpc) is 2.46. The Labute approximate surface area is 132 Å². The molecule has 0 fully saturated rings. The fourth-order valence-corrected chi connectivity index (χ4v) is 2.49. The van der Waals surface area contributed by atoms with Gasteiger partial charge in [-0.05, 0) is 36.8 Å². The van der Waals surface area contributed by atoms with E-state index < -0.39 is 33.6 Å². The molecule has 0 aliphatic carbocycles. The Balaban J connectivity index is 2.15. The van der Waals surface area contributed by atoms with E-state index in [-0.39, 0.29) is 10.5 Å². The van der Waals surface area contributed by atoms with Crippen molar-refractivity contribution in [1.29, 1.82) is 0 Å². The molecule has 1 atom stereocenters. The monoisotopic (exact) mass is 340 g/mol. The number of nitrogens with two attached hydrogens (primary N) is 1. The Hall–Kier alpha value is -2.32. The fraction of sp³-hybridized carbons (Fsp3) is 0.133. The predicted octanol–water partition coefficient (Wildman–Crippen LogP) is 2.10. The van der Waals surface area contributed by atoms with E-state index in [0.29, 0.717) is 11.6 Å². The number of hydrogen-bond donors (Lipinski definition) is 2. The lowest BCUT2D eigenvalue weighted by atomic mass is 10.1. The summed E-state index contributed by atoms with van der Waals surface area (Å²) in [5, 5.41) is 7.55. The van der Waals surface area contributed by atoms with Crippen molar-refractivity contribution in [3.8, 4) is 0 Å². The van der Waals surface area contributed by atoms with Gasteiger partial charge in [0.05, 0.1) is 16.5 Å². The number of sulfonamides is 1. The van der Waals surface area contributed by atoms with Crippen LogP contribution < -0.4 is 10.5 Å². The number of amides is 1. The van der Waals surface area contributed by atoms with Crippen molar-refractivity contribution >= 4 is 15.9 Å². The first-order chi connectivity index (χ1) is 10.7. The molecule has 2 rings (SSSR count). The lowest BCUT2D eigenvalue weighted by Crippen LogP contribution is -2.27. The van der Waals surface area contributed by atoms with E-state index >= 15 is 0 Å². The molecule has 122 valence electrons. The highest BCUT2D eigenvalue weighted by atomic mass is 32.2. The van der Waals surface area contributed by atoms with Crippen molar-refractivity contribution < 1.29 is 22.0 Å². The second-order valence-electron chi connectivity index (χ2n) is 4.93. The van der Waals surface area contributed by atoms with Crippen LogP contribution in [0.2, 0.25) is 0 Å². The summed E-state index contributed by atoms with van der Waals surface area (Å²) < 4.78 is 48.8. The van der Waals surface area contributed by atoms with Crippen molar-refractivity contribution in [2.24, 2.45) is 5.14 Å². The quantitative estimate of drug-likeness (QED) is 0.893. The standard InChI is InChI=1S/C15H14F2N2O3S/c1-9(10-2-5-12(6-3-10)23(18,21)22)19-15(20)13-7-4-11(16)8-14(13)17/h2-9H,1H3,(H,19,20)(H2,18,21,22)/t9-/m1/s1. The molecule has 0 radical (unpaired) electrons. The van der Waals surface area contributed by atoms with E-state index in [0.717, 1.165) is 12.1 Å². The lowest BCUT2D eigenvalue weighted by molar-refractivity contribution is 0.0935. The molecule has 8 heteroatoms. The van der Waals surface area contributed by atoms with Gasteiger partial charge in [0, 0.05) is 6.07 Å². The molecule has 3 N–H and O–H groups in total. The van der Waals surface area contributed by atoms with Gasteiger partial charge in [0.15, 0.2) is 0 Å². The summed E-state index contributed by atoms with van der Waals surface area (Å²) in [5.74, 6) is -2.43. The van der Waals surface area contributed by atoms with Gasteiger partial charge in [-0.25, -0.2) is 22.3 Å². The van der Waals surface area contributed by atoms with E-state index in [2.05, 4.69) is 5.32 Å². The maximum atomic E-state index is 13.6. The van der Waals surface area contributed by atoms with E-state index in [9.17, 15) is 22.0 Å². The van der Waals surface area contributed by atoms with Crippen molar-refractivity contribution in [1.82, 2.24) is 5.32 Å². The van der Waals surface area contributed by atoms with Crippen LogP contribution in [0.5, 0.6) is 0 Å². The molecule has 0 saturated carbocycles. The molecule has 0 aliphatic heterocycles. The second kappa shape index (κ2) is 6.43. The number of halogens is 2. The Bertz CT molecular complexity index is 836. The minimum absolute atomic E-state index is 0.0515. The average molecular weight is 340 g/mol. The number of nitrogens with one attached hydrogen (secondary N) is 1. The summed E-state index contributed by atoms with van der Waals surface area (Å²) in [7, 11) is -3.79. The molecule has 0 bridgehead atoms. The van der Waals surface area contributed by atoms with Crippen LogP contribution in [0.25, 0.3) is 0 Å². The van der Waals surface area contributed by atoms with Crippen LogP contribution in [-0.4, -0.2) is 14.3 Å². The van der Waals surface area contributed by atoms with Crippen molar-refractivity contribution in [3.05, 3.63) is 65.2 Å².